The number of benzene rings is 2. The number of carbonyl (C=O) groups excluding carboxylic acids is 2. The van der Waals surface area contributed by atoms with Gasteiger partial charge in [-0.15, -0.1) is 5.10 Å². The second kappa shape index (κ2) is 9.43. The summed E-state index contributed by atoms with van der Waals surface area (Å²) >= 11 is 1.08. The van der Waals surface area contributed by atoms with Crippen LogP contribution in [0.2, 0.25) is 0 Å². The van der Waals surface area contributed by atoms with Crippen LogP contribution in [0.1, 0.15) is 21.6 Å². The number of rotatable bonds is 8. The lowest BCUT2D eigenvalue weighted by molar-refractivity contribution is -0.122. The molecule has 3 aromatic rings. The Kier molecular flexibility index (Phi) is 6.27. The molecule has 2 heterocycles. The molecule has 10 heteroatoms. The molecule has 0 radical (unpaired) electrons. The van der Waals surface area contributed by atoms with Crippen LogP contribution in [-0.4, -0.2) is 46.7 Å². The van der Waals surface area contributed by atoms with Crippen molar-refractivity contribution < 1.29 is 23.8 Å². The molecule has 2 amide bonds. The van der Waals surface area contributed by atoms with Crippen LogP contribution < -0.4 is 19.5 Å². The average molecular weight is 440 g/mol. The number of fused-ring (bicyclic) bond motifs is 1. The van der Waals surface area contributed by atoms with E-state index >= 15 is 0 Å². The number of nitrogens with one attached hydrogen (secondary N) is 1. The molecule has 160 valence electrons. The van der Waals surface area contributed by atoms with Gasteiger partial charge in [-0.05, 0) is 46.9 Å². The van der Waals surface area contributed by atoms with E-state index < -0.39 is 0 Å². The van der Waals surface area contributed by atoms with E-state index in [1.807, 2.05) is 36.4 Å². The van der Waals surface area contributed by atoms with E-state index in [1.165, 1.54) is 4.90 Å². The summed E-state index contributed by atoms with van der Waals surface area (Å²) in [7, 11) is 1.59. The second-order valence-corrected chi connectivity index (χ2v) is 7.37. The van der Waals surface area contributed by atoms with E-state index in [0.717, 1.165) is 22.7 Å². The molecule has 1 aliphatic rings. The molecule has 0 saturated heterocycles. The van der Waals surface area contributed by atoms with E-state index in [0.29, 0.717) is 23.8 Å². The SMILES string of the molecule is COc1ccc(CN(CC(=O)NCc2ccc3c(c2)OCO3)C(=O)c2csnn2)cc1. The van der Waals surface area contributed by atoms with Crippen LogP contribution in [0.4, 0.5) is 0 Å². The summed E-state index contributed by atoms with van der Waals surface area (Å²) in [5, 5.41) is 8.25. The quantitative estimate of drug-likeness (QED) is 0.573. The lowest BCUT2D eigenvalue weighted by atomic mass is 10.2. The fourth-order valence-electron chi connectivity index (χ4n) is 3.05. The summed E-state index contributed by atoms with van der Waals surface area (Å²) in [5.74, 6) is 1.40. The fraction of sp³-hybridized carbons (Fsp3) is 0.238. The number of ether oxygens (including phenoxy) is 3. The Balaban J connectivity index is 1.41. The van der Waals surface area contributed by atoms with E-state index in [1.54, 1.807) is 18.6 Å². The van der Waals surface area contributed by atoms with Crippen molar-refractivity contribution in [2.75, 3.05) is 20.4 Å². The number of nitrogens with zero attached hydrogens (tertiary/aromatic N) is 3. The molecule has 1 aliphatic heterocycles. The topological polar surface area (TPSA) is 103 Å². The zero-order valence-electron chi connectivity index (χ0n) is 16.7. The minimum absolute atomic E-state index is 0.118. The van der Waals surface area contributed by atoms with Crippen LogP contribution in [0, 0.1) is 0 Å². The Bertz CT molecular complexity index is 1060. The van der Waals surface area contributed by atoms with Gasteiger partial charge in [-0.1, -0.05) is 22.7 Å². The third-order valence-electron chi connectivity index (χ3n) is 4.66. The summed E-state index contributed by atoms with van der Waals surface area (Å²) in [6.45, 7) is 0.627. The van der Waals surface area contributed by atoms with Gasteiger partial charge in [-0.3, -0.25) is 9.59 Å². The molecule has 4 rings (SSSR count). The van der Waals surface area contributed by atoms with Gasteiger partial charge in [0.15, 0.2) is 17.2 Å². The number of hydrogen-bond donors (Lipinski definition) is 1. The molecule has 0 aliphatic carbocycles. The lowest BCUT2D eigenvalue weighted by Gasteiger charge is -2.21. The highest BCUT2D eigenvalue weighted by Crippen LogP contribution is 2.32. The number of methoxy groups -OCH3 is 1. The first-order valence-corrected chi connectivity index (χ1v) is 10.3. The van der Waals surface area contributed by atoms with Crippen LogP contribution in [0.25, 0.3) is 0 Å². The zero-order valence-corrected chi connectivity index (χ0v) is 17.6. The van der Waals surface area contributed by atoms with Crippen molar-refractivity contribution in [1.82, 2.24) is 19.8 Å². The van der Waals surface area contributed by atoms with Gasteiger partial charge in [0.05, 0.1) is 7.11 Å². The van der Waals surface area contributed by atoms with Gasteiger partial charge in [0.25, 0.3) is 5.91 Å². The van der Waals surface area contributed by atoms with Gasteiger partial charge >= 0.3 is 0 Å². The maximum Gasteiger partial charge on any atom is 0.276 e. The summed E-state index contributed by atoms with van der Waals surface area (Å²) in [6.07, 6.45) is 0. The predicted octanol–water partition coefficient (Wildman–Crippen LogP) is 2.23. The smallest absolute Gasteiger partial charge is 0.276 e. The Morgan fingerprint density at radius 1 is 1.13 bits per heavy atom. The van der Waals surface area contributed by atoms with Gasteiger partial charge in [0, 0.05) is 18.5 Å². The van der Waals surface area contributed by atoms with Gasteiger partial charge in [0.2, 0.25) is 12.7 Å². The van der Waals surface area contributed by atoms with Crippen LogP contribution in [0.3, 0.4) is 0 Å². The van der Waals surface area contributed by atoms with Crippen molar-refractivity contribution in [3.05, 3.63) is 64.7 Å². The van der Waals surface area contributed by atoms with E-state index in [2.05, 4.69) is 14.9 Å². The lowest BCUT2D eigenvalue weighted by Crippen LogP contribution is -2.40. The molecule has 1 aromatic heterocycles. The number of hydrogen-bond acceptors (Lipinski definition) is 8. The van der Waals surface area contributed by atoms with Gasteiger partial charge in [-0.25, -0.2) is 0 Å². The molecule has 1 N–H and O–H groups in total. The Hall–Kier alpha value is -3.66. The highest BCUT2D eigenvalue weighted by molar-refractivity contribution is 7.03. The zero-order chi connectivity index (χ0) is 21.6. The molecular weight excluding hydrogens is 420 g/mol. The minimum atomic E-state index is -0.359. The molecule has 31 heavy (non-hydrogen) atoms. The summed E-state index contributed by atoms with van der Waals surface area (Å²) < 4.78 is 19.6. The third kappa shape index (κ3) is 5.10. The molecule has 0 atom stereocenters. The average Bonchev–Trinajstić information content (AvgIpc) is 3.49. The molecule has 0 fully saturated rings. The largest absolute Gasteiger partial charge is 0.497 e. The third-order valence-corrected chi connectivity index (χ3v) is 5.16. The standard InChI is InChI=1S/C21H20N4O5S/c1-28-16-5-2-14(3-6-16)10-25(21(27)17-12-31-24-23-17)11-20(26)22-9-15-4-7-18-19(8-15)30-13-29-18/h2-8,12H,9-11,13H2,1H3,(H,22,26). The van der Waals surface area contributed by atoms with E-state index in [-0.39, 0.29) is 37.4 Å². The predicted molar refractivity (Wildman–Crippen MR) is 112 cm³/mol. The summed E-state index contributed by atoms with van der Waals surface area (Å²) in [6, 6.07) is 12.8. The van der Waals surface area contributed by atoms with Crippen molar-refractivity contribution in [2.45, 2.75) is 13.1 Å². The van der Waals surface area contributed by atoms with Gasteiger partial charge in [0.1, 0.15) is 12.3 Å². The normalized spacial score (nSPS) is 11.8. The van der Waals surface area contributed by atoms with Crippen molar-refractivity contribution in [2.24, 2.45) is 0 Å². The van der Waals surface area contributed by atoms with Crippen LogP contribution in [0.15, 0.2) is 47.8 Å². The Morgan fingerprint density at radius 2 is 1.90 bits per heavy atom. The first kappa shape index (κ1) is 20.6. The summed E-state index contributed by atoms with van der Waals surface area (Å²) in [4.78, 5) is 26.9. The van der Waals surface area contributed by atoms with Gasteiger partial charge < -0.3 is 24.4 Å². The highest BCUT2D eigenvalue weighted by atomic mass is 32.1. The van der Waals surface area contributed by atoms with E-state index in [4.69, 9.17) is 14.2 Å². The molecular formula is C21H20N4O5S. The first-order valence-electron chi connectivity index (χ1n) is 9.47. The molecule has 9 nitrogen and oxygen atoms in total. The maximum absolute atomic E-state index is 12.9. The number of carbonyl (C=O) groups is 2. The van der Waals surface area contributed by atoms with Crippen molar-refractivity contribution in [3.63, 3.8) is 0 Å². The van der Waals surface area contributed by atoms with E-state index in [9.17, 15) is 9.59 Å². The Morgan fingerprint density at radius 3 is 2.65 bits per heavy atom. The number of aromatic nitrogens is 2. The first-order chi connectivity index (χ1) is 15.1. The highest BCUT2D eigenvalue weighted by Gasteiger charge is 2.22. The Labute approximate surface area is 182 Å². The molecule has 0 spiro atoms. The monoisotopic (exact) mass is 440 g/mol. The maximum atomic E-state index is 12.9. The van der Waals surface area contributed by atoms with Crippen LogP contribution in [-0.2, 0) is 17.9 Å². The minimum Gasteiger partial charge on any atom is -0.497 e. The molecule has 0 bridgehead atoms. The van der Waals surface area contributed by atoms with Crippen molar-refractivity contribution >= 4 is 23.3 Å². The fourth-order valence-corrected chi connectivity index (χ4v) is 3.48. The van der Waals surface area contributed by atoms with Crippen molar-refractivity contribution in [3.8, 4) is 17.2 Å². The molecule has 0 unspecified atom stereocenters. The van der Waals surface area contributed by atoms with Crippen molar-refractivity contribution in [1.29, 1.82) is 0 Å². The number of amides is 2. The van der Waals surface area contributed by atoms with Crippen LogP contribution in [0.5, 0.6) is 17.2 Å². The van der Waals surface area contributed by atoms with Gasteiger partial charge in [-0.2, -0.15) is 0 Å². The molecule has 2 aromatic carbocycles. The van der Waals surface area contributed by atoms with Crippen LogP contribution >= 0.6 is 11.5 Å². The molecule has 0 saturated carbocycles. The second-order valence-electron chi connectivity index (χ2n) is 6.76. The summed E-state index contributed by atoms with van der Waals surface area (Å²) in [5.41, 5.74) is 1.94.